The van der Waals surface area contributed by atoms with Crippen LogP contribution in [0.2, 0.25) is 0 Å². The third-order valence-corrected chi connectivity index (χ3v) is 3.77. The highest BCUT2D eigenvalue weighted by Gasteiger charge is 2.08. The van der Waals surface area contributed by atoms with Crippen molar-refractivity contribution in [3.63, 3.8) is 0 Å². The number of carbonyl (C=O) groups is 1. The first kappa shape index (κ1) is 17.9. The standard InChI is InChI=1S/C19H25N3O2/c1-13-10-14(2)18(15(3)11-13)22-17-7-6-16(12-21-17)19(23)20-8-5-9-24-4/h6-7,10-12H,5,8-9H2,1-4H3,(H,20,23)(H,21,22). The van der Waals surface area contributed by atoms with E-state index in [0.29, 0.717) is 18.7 Å². The summed E-state index contributed by atoms with van der Waals surface area (Å²) in [7, 11) is 1.65. The largest absolute Gasteiger partial charge is 0.385 e. The van der Waals surface area contributed by atoms with Crippen molar-refractivity contribution in [2.75, 3.05) is 25.6 Å². The second-order valence-electron chi connectivity index (χ2n) is 5.93. The molecule has 0 aliphatic rings. The Morgan fingerprint density at radius 3 is 2.46 bits per heavy atom. The van der Waals surface area contributed by atoms with Crippen molar-refractivity contribution < 1.29 is 9.53 Å². The Morgan fingerprint density at radius 2 is 1.88 bits per heavy atom. The molecule has 0 unspecified atom stereocenters. The Bertz CT molecular complexity index is 673. The second kappa shape index (κ2) is 8.45. The van der Waals surface area contributed by atoms with E-state index in [0.717, 1.165) is 17.9 Å². The maximum atomic E-state index is 12.0. The lowest BCUT2D eigenvalue weighted by molar-refractivity contribution is 0.0948. The predicted octanol–water partition coefficient (Wildman–Crippen LogP) is 3.52. The first-order valence-corrected chi connectivity index (χ1v) is 8.09. The number of methoxy groups -OCH3 is 1. The lowest BCUT2D eigenvalue weighted by Gasteiger charge is -2.13. The van der Waals surface area contributed by atoms with Gasteiger partial charge in [-0.1, -0.05) is 17.7 Å². The molecule has 128 valence electrons. The van der Waals surface area contributed by atoms with Gasteiger partial charge in [0.05, 0.1) is 5.56 Å². The molecule has 0 fully saturated rings. The summed E-state index contributed by atoms with van der Waals surface area (Å²) in [5.74, 6) is 0.605. The lowest BCUT2D eigenvalue weighted by Crippen LogP contribution is -2.25. The molecule has 1 aromatic carbocycles. The number of benzene rings is 1. The van der Waals surface area contributed by atoms with E-state index in [-0.39, 0.29) is 5.91 Å². The minimum absolute atomic E-state index is 0.118. The number of nitrogens with zero attached hydrogens (tertiary/aromatic N) is 1. The zero-order chi connectivity index (χ0) is 17.5. The van der Waals surface area contributed by atoms with Crippen molar-refractivity contribution in [1.82, 2.24) is 10.3 Å². The summed E-state index contributed by atoms with van der Waals surface area (Å²) in [6, 6.07) is 7.87. The van der Waals surface area contributed by atoms with Crippen LogP contribution < -0.4 is 10.6 Å². The SMILES string of the molecule is COCCCNC(=O)c1ccc(Nc2c(C)cc(C)cc2C)nc1. The normalized spacial score (nSPS) is 10.5. The first-order valence-electron chi connectivity index (χ1n) is 8.09. The summed E-state index contributed by atoms with van der Waals surface area (Å²) < 4.78 is 4.96. The summed E-state index contributed by atoms with van der Waals surface area (Å²) in [5, 5.41) is 6.18. The van der Waals surface area contributed by atoms with Crippen LogP contribution in [-0.2, 0) is 4.74 Å². The summed E-state index contributed by atoms with van der Waals surface area (Å²) in [6.07, 6.45) is 2.38. The third kappa shape index (κ3) is 4.80. The van der Waals surface area contributed by atoms with Crippen molar-refractivity contribution in [2.24, 2.45) is 0 Å². The van der Waals surface area contributed by atoms with Gasteiger partial charge in [0, 0.05) is 32.1 Å². The molecule has 2 aromatic rings. The molecule has 5 heteroatoms. The summed E-state index contributed by atoms with van der Waals surface area (Å²) >= 11 is 0. The van der Waals surface area contributed by atoms with Crippen molar-refractivity contribution >= 4 is 17.4 Å². The van der Waals surface area contributed by atoms with Gasteiger partial charge in [0.1, 0.15) is 5.82 Å². The van der Waals surface area contributed by atoms with E-state index >= 15 is 0 Å². The van der Waals surface area contributed by atoms with E-state index in [2.05, 4.69) is 48.5 Å². The van der Waals surface area contributed by atoms with Gasteiger partial charge in [0.2, 0.25) is 0 Å². The monoisotopic (exact) mass is 327 g/mol. The molecule has 0 saturated carbocycles. The first-order chi connectivity index (χ1) is 11.5. The van der Waals surface area contributed by atoms with E-state index in [1.54, 1.807) is 19.4 Å². The highest BCUT2D eigenvalue weighted by molar-refractivity contribution is 5.94. The van der Waals surface area contributed by atoms with E-state index in [1.807, 2.05) is 6.07 Å². The van der Waals surface area contributed by atoms with Crippen molar-refractivity contribution in [2.45, 2.75) is 27.2 Å². The highest BCUT2D eigenvalue weighted by atomic mass is 16.5. The van der Waals surface area contributed by atoms with Crippen LogP contribution in [0.4, 0.5) is 11.5 Å². The molecule has 24 heavy (non-hydrogen) atoms. The van der Waals surface area contributed by atoms with Gasteiger partial charge in [-0.25, -0.2) is 4.98 Å². The summed E-state index contributed by atoms with van der Waals surface area (Å²) in [6.45, 7) is 7.46. The minimum Gasteiger partial charge on any atom is -0.385 e. The molecule has 0 atom stereocenters. The summed E-state index contributed by atoms with van der Waals surface area (Å²) in [5.41, 5.74) is 5.20. The molecule has 1 aromatic heterocycles. The van der Waals surface area contributed by atoms with E-state index in [9.17, 15) is 4.79 Å². The number of hydrogen-bond donors (Lipinski definition) is 2. The van der Waals surface area contributed by atoms with Gasteiger partial charge in [0.25, 0.3) is 5.91 Å². The minimum atomic E-state index is -0.118. The van der Waals surface area contributed by atoms with Crippen molar-refractivity contribution in [3.8, 4) is 0 Å². The van der Waals surface area contributed by atoms with Crippen LogP contribution in [0.25, 0.3) is 0 Å². The fourth-order valence-electron chi connectivity index (χ4n) is 2.63. The number of aryl methyl sites for hydroxylation is 3. The topological polar surface area (TPSA) is 63.2 Å². The van der Waals surface area contributed by atoms with E-state index in [4.69, 9.17) is 4.74 Å². The molecule has 0 saturated heterocycles. The maximum absolute atomic E-state index is 12.0. The predicted molar refractivity (Wildman–Crippen MR) is 97.0 cm³/mol. The fourth-order valence-corrected chi connectivity index (χ4v) is 2.63. The number of carbonyl (C=O) groups excluding carboxylic acids is 1. The van der Waals surface area contributed by atoms with Gasteiger partial charge >= 0.3 is 0 Å². The van der Waals surface area contributed by atoms with Gasteiger partial charge in [0.15, 0.2) is 0 Å². The van der Waals surface area contributed by atoms with Gasteiger partial charge < -0.3 is 15.4 Å². The number of nitrogens with one attached hydrogen (secondary N) is 2. The fraction of sp³-hybridized carbons (Fsp3) is 0.368. The third-order valence-electron chi connectivity index (χ3n) is 3.77. The molecule has 5 nitrogen and oxygen atoms in total. The number of rotatable bonds is 7. The number of ether oxygens (including phenoxy) is 1. The smallest absolute Gasteiger partial charge is 0.252 e. The summed E-state index contributed by atoms with van der Waals surface area (Å²) in [4.78, 5) is 16.4. The molecule has 0 aliphatic heterocycles. The zero-order valence-corrected chi connectivity index (χ0v) is 14.8. The Morgan fingerprint density at radius 1 is 1.17 bits per heavy atom. The number of amides is 1. The second-order valence-corrected chi connectivity index (χ2v) is 5.93. The molecular weight excluding hydrogens is 302 g/mol. The molecular formula is C19H25N3O2. The van der Waals surface area contributed by atoms with Crippen LogP contribution in [-0.4, -0.2) is 31.2 Å². The van der Waals surface area contributed by atoms with Crippen LogP contribution in [0.5, 0.6) is 0 Å². The van der Waals surface area contributed by atoms with Crippen LogP contribution in [0, 0.1) is 20.8 Å². The quantitative estimate of drug-likeness (QED) is 0.764. The molecule has 1 heterocycles. The van der Waals surface area contributed by atoms with Gasteiger partial charge in [-0.3, -0.25) is 4.79 Å². The number of anilines is 2. The van der Waals surface area contributed by atoms with Gasteiger partial charge in [-0.05, 0) is 50.5 Å². The Balaban J connectivity index is 2.01. The van der Waals surface area contributed by atoms with Crippen LogP contribution in [0.1, 0.15) is 33.5 Å². The molecule has 0 aliphatic carbocycles. The Kier molecular flexibility index (Phi) is 6.32. The average Bonchev–Trinajstić information content (AvgIpc) is 2.55. The molecule has 2 rings (SSSR count). The molecule has 0 bridgehead atoms. The molecule has 2 N–H and O–H groups in total. The Labute approximate surface area is 143 Å². The zero-order valence-electron chi connectivity index (χ0n) is 14.8. The van der Waals surface area contributed by atoms with E-state index < -0.39 is 0 Å². The van der Waals surface area contributed by atoms with Gasteiger partial charge in [-0.2, -0.15) is 0 Å². The number of aromatic nitrogens is 1. The average molecular weight is 327 g/mol. The van der Waals surface area contributed by atoms with Crippen LogP contribution in [0.15, 0.2) is 30.5 Å². The van der Waals surface area contributed by atoms with Crippen LogP contribution >= 0.6 is 0 Å². The number of hydrogen-bond acceptors (Lipinski definition) is 4. The molecule has 1 amide bonds. The number of pyridine rings is 1. The van der Waals surface area contributed by atoms with Gasteiger partial charge in [-0.15, -0.1) is 0 Å². The van der Waals surface area contributed by atoms with Crippen molar-refractivity contribution in [1.29, 1.82) is 0 Å². The highest BCUT2D eigenvalue weighted by Crippen LogP contribution is 2.25. The molecule has 0 radical (unpaired) electrons. The van der Waals surface area contributed by atoms with Crippen molar-refractivity contribution in [3.05, 3.63) is 52.7 Å². The molecule has 0 spiro atoms. The lowest BCUT2D eigenvalue weighted by atomic mass is 10.1. The Hall–Kier alpha value is -2.40. The van der Waals surface area contributed by atoms with Crippen LogP contribution in [0.3, 0.4) is 0 Å². The van der Waals surface area contributed by atoms with E-state index in [1.165, 1.54) is 16.7 Å². The maximum Gasteiger partial charge on any atom is 0.252 e.